The average molecular weight is 467 g/mol. The number of carbonyl (C=O) groups is 1. The van der Waals surface area contributed by atoms with Crippen molar-refractivity contribution >= 4 is 37.6 Å². The third-order valence-electron chi connectivity index (χ3n) is 4.67. The summed E-state index contributed by atoms with van der Waals surface area (Å²) in [4.78, 5) is 14.2. The van der Waals surface area contributed by atoms with Crippen molar-refractivity contribution < 1.29 is 17.9 Å². The Morgan fingerprint density at radius 2 is 1.82 bits per heavy atom. The molecule has 0 bridgehead atoms. The number of hydrogen-bond donors (Lipinski definition) is 0. The molecule has 150 valence electrons. The summed E-state index contributed by atoms with van der Waals surface area (Å²) in [7, 11) is -3.65. The van der Waals surface area contributed by atoms with Gasteiger partial charge in [0.25, 0.3) is 0 Å². The molecule has 0 saturated carbocycles. The van der Waals surface area contributed by atoms with Crippen LogP contribution in [0, 0.1) is 6.92 Å². The molecular formula is C20H23BrN2O4S. The first-order valence-corrected chi connectivity index (χ1v) is 11.3. The number of nitrogens with zero attached hydrogens (tertiary/aromatic N) is 2. The van der Waals surface area contributed by atoms with Crippen LogP contribution in [-0.2, 0) is 14.8 Å². The minimum Gasteiger partial charge on any atom is -0.462 e. The lowest BCUT2D eigenvalue weighted by molar-refractivity contribution is 0.0526. The number of aryl methyl sites for hydroxylation is 1. The first-order chi connectivity index (χ1) is 13.3. The van der Waals surface area contributed by atoms with Gasteiger partial charge in [0, 0.05) is 36.3 Å². The smallest absolute Gasteiger partial charge is 0.338 e. The highest BCUT2D eigenvalue weighted by molar-refractivity contribution is 9.10. The van der Waals surface area contributed by atoms with Crippen LogP contribution in [0.3, 0.4) is 0 Å². The highest BCUT2D eigenvalue weighted by Crippen LogP contribution is 2.28. The summed E-state index contributed by atoms with van der Waals surface area (Å²) in [5, 5.41) is 0. The van der Waals surface area contributed by atoms with E-state index >= 15 is 0 Å². The zero-order valence-electron chi connectivity index (χ0n) is 15.9. The van der Waals surface area contributed by atoms with Gasteiger partial charge in [0.1, 0.15) is 0 Å². The molecule has 0 spiro atoms. The second kappa shape index (κ2) is 8.63. The van der Waals surface area contributed by atoms with Crippen LogP contribution >= 0.6 is 15.9 Å². The van der Waals surface area contributed by atoms with Crippen molar-refractivity contribution in [3.05, 3.63) is 58.1 Å². The van der Waals surface area contributed by atoms with E-state index in [1.54, 1.807) is 6.92 Å². The molecule has 6 nitrogen and oxygen atoms in total. The predicted molar refractivity (Wildman–Crippen MR) is 112 cm³/mol. The maximum atomic E-state index is 13.1. The SMILES string of the molecule is CCOC(=O)c1ccc(S(=O)(=O)N2CCN(c3cccc(C)c3)CC2)c(Br)c1. The quantitative estimate of drug-likeness (QED) is 0.631. The molecule has 28 heavy (non-hydrogen) atoms. The number of benzene rings is 2. The summed E-state index contributed by atoms with van der Waals surface area (Å²) in [6.07, 6.45) is 0. The van der Waals surface area contributed by atoms with Crippen LogP contribution in [0.5, 0.6) is 0 Å². The molecule has 0 unspecified atom stereocenters. The van der Waals surface area contributed by atoms with Gasteiger partial charge in [0.2, 0.25) is 10.0 Å². The molecule has 1 fully saturated rings. The summed E-state index contributed by atoms with van der Waals surface area (Å²) >= 11 is 3.30. The van der Waals surface area contributed by atoms with E-state index in [0.717, 1.165) is 5.69 Å². The number of halogens is 1. The van der Waals surface area contributed by atoms with Crippen LogP contribution in [0.1, 0.15) is 22.8 Å². The fourth-order valence-corrected chi connectivity index (χ4v) is 5.66. The van der Waals surface area contributed by atoms with Gasteiger partial charge >= 0.3 is 5.97 Å². The zero-order valence-corrected chi connectivity index (χ0v) is 18.3. The summed E-state index contributed by atoms with van der Waals surface area (Å²) in [5.74, 6) is -0.473. The Hall–Kier alpha value is -1.90. The van der Waals surface area contributed by atoms with E-state index in [2.05, 4.69) is 26.9 Å². The Labute approximate surface area is 174 Å². The van der Waals surface area contributed by atoms with Crippen LogP contribution in [0.2, 0.25) is 0 Å². The van der Waals surface area contributed by atoms with Crippen molar-refractivity contribution in [3.63, 3.8) is 0 Å². The van der Waals surface area contributed by atoms with Crippen LogP contribution in [0.4, 0.5) is 5.69 Å². The molecule has 0 aliphatic carbocycles. The van der Waals surface area contributed by atoms with E-state index in [1.165, 1.54) is 28.1 Å². The minimum absolute atomic E-state index is 0.157. The van der Waals surface area contributed by atoms with Gasteiger partial charge in [0.05, 0.1) is 17.1 Å². The van der Waals surface area contributed by atoms with E-state index in [0.29, 0.717) is 36.2 Å². The minimum atomic E-state index is -3.65. The number of esters is 1. The van der Waals surface area contributed by atoms with Crippen LogP contribution < -0.4 is 4.90 Å². The second-order valence-corrected chi connectivity index (χ2v) is 9.36. The summed E-state index contributed by atoms with van der Waals surface area (Å²) in [5.41, 5.74) is 2.60. The molecule has 3 rings (SSSR count). The molecule has 2 aromatic carbocycles. The number of piperazine rings is 1. The van der Waals surface area contributed by atoms with Gasteiger partial charge in [0.15, 0.2) is 0 Å². The number of hydrogen-bond acceptors (Lipinski definition) is 5. The monoisotopic (exact) mass is 466 g/mol. The number of rotatable bonds is 5. The normalized spacial score (nSPS) is 15.5. The third kappa shape index (κ3) is 4.39. The Morgan fingerprint density at radius 3 is 2.43 bits per heavy atom. The van der Waals surface area contributed by atoms with Crippen molar-refractivity contribution in [2.24, 2.45) is 0 Å². The van der Waals surface area contributed by atoms with Gasteiger partial charge < -0.3 is 9.64 Å². The maximum Gasteiger partial charge on any atom is 0.338 e. The lowest BCUT2D eigenvalue weighted by Gasteiger charge is -2.35. The number of anilines is 1. The predicted octanol–water partition coefficient (Wildman–Crippen LogP) is 3.45. The molecule has 1 aliphatic heterocycles. The largest absolute Gasteiger partial charge is 0.462 e. The molecule has 1 saturated heterocycles. The van der Waals surface area contributed by atoms with E-state index in [4.69, 9.17) is 4.74 Å². The number of sulfonamides is 1. The number of ether oxygens (including phenoxy) is 1. The fraction of sp³-hybridized carbons (Fsp3) is 0.350. The first kappa shape index (κ1) is 20.8. The highest BCUT2D eigenvalue weighted by atomic mass is 79.9. The Morgan fingerprint density at radius 1 is 1.11 bits per heavy atom. The molecule has 0 N–H and O–H groups in total. The van der Waals surface area contributed by atoms with Crippen molar-refractivity contribution in [2.75, 3.05) is 37.7 Å². The highest BCUT2D eigenvalue weighted by Gasteiger charge is 2.30. The molecule has 0 atom stereocenters. The van der Waals surface area contributed by atoms with Gasteiger partial charge in [-0.2, -0.15) is 4.31 Å². The van der Waals surface area contributed by atoms with Crippen molar-refractivity contribution in [1.82, 2.24) is 4.31 Å². The van der Waals surface area contributed by atoms with Crippen molar-refractivity contribution in [2.45, 2.75) is 18.7 Å². The van der Waals surface area contributed by atoms with Crippen LogP contribution in [0.25, 0.3) is 0 Å². The van der Waals surface area contributed by atoms with Crippen LogP contribution in [0.15, 0.2) is 51.8 Å². The second-order valence-electron chi connectivity index (χ2n) is 6.60. The van der Waals surface area contributed by atoms with E-state index < -0.39 is 16.0 Å². The lowest BCUT2D eigenvalue weighted by atomic mass is 10.2. The summed E-state index contributed by atoms with van der Waals surface area (Å²) in [6.45, 7) is 6.10. The molecule has 0 aromatic heterocycles. The Bertz CT molecular complexity index is 970. The molecular weight excluding hydrogens is 444 g/mol. The van der Waals surface area contributed by atoms with Crippen LogP contribution in [-0.4, -0.2) is 51.5 Å². The standard InChI is InChI=1S/C20H23BrN2O4S/c1-3-27-20(24)16-7-8-19(18(21)14-16)28(25,26)23-11-9-22(10-12-23)17-6-4-5-15(2)13-17/h4-8,13-14H,3,9-12H2,1-2H3. The lowest BCUT2D eigenvalue weighted by Crippen LogP contribution is -2.48. The van der Waals surface area contributed by atoms with Gasteiger partial charge in [-0.3, -0.25) is 0 Å². The van der Waals surface area contributed by atoms with Crippen molar-refractivity contribution in [1.29, 1.82) is 0 Å². The summed E-state index contributed by atoms with van der Waals surface area (Å²) in [6, 6.07) is 12.6. The van der Waals surface area contributed by atoms with Gasteiger partial charge in [-0.1, -0.05) is 12.1 Å². The topological polar surface area (TPSA) is 66.9 Å². The molecule has 0 amide bonds. The molecule has 1 aliphatic rings. The van der Waals surface area contributed by atoms with Gasteiger partial charge in [-0.25, -0.2) is 13.2 Å². The molecule has 2 aromatic rings. The van der Waals surface area contributed by atoms with Crippen molar-refractivity contribution in [3.8, 4) is 0 Å². The molecule has 8 heteroatoms. The number of carbonyl (C=O) groups excluding carboxylic acids is 1. The van der Waals surface area contributed by atoms with E-state index in [1.807, 2.05) is 25.1 Å². The Kier molecular flexibility index (Phi) is 6.42. The van der Waals surface area contributed by atoms with Gasteiger partial charge in [-0.15, -0.1) is 0 Å². The molecule has 0 radical (unpaired) electrons. The van der Waals surface area contributed by atoms with E-state index in [9.17, 15) is 13.2 Å². The average Bonchev–Trinajstić information content (AvgIpc) is 2.68. The van der Waals surface area contributed by atoms with E-state index in [-0.39, 0.29) is 11.5 Å². The fourth-order valence-electron chi connectivity index (χ4n) is 3.20. The third-order valence-corrected chi connectivity index (χ3v) is 7.54. The van der Waals surface area contributed by atoms with Gasteiger partial charge in [-0.05, 0) is 65.7 Å². The maximum absolute atomic E-state index is 13.1. The summed E-state index contributed by atoms with van der Waals surface area (Å²) < 4.78 is 33.0. The zero-order chi connectivity index (χ0) is 20.3. The molecule has 1 heterocycles. The Balaban J connectivity index is 1.74. The first-order valence-electron chi connectivity index (χ1n) is 9.11.